The van der Waals surface area contributed by atoms with Crippen molar-refractivity contribution < 1.29 is 24.5 Å². The highest BCUT2D eigenvalue weighted by Crippen LogP contribution is 2.51. The molecule has 162 valence electrons. The van der Waals surface area contributed by atoms with Crippen LogP contribution in [0.4, 0.5) is 0 Å². The van der Waals surface area contributed by atoms with Crippen LogP contribution in [-0.2, 0) is 14.3 Å². The molecular formula is C23H40O5. The van der Waals surface area contributed by atoms with Crippen molar-refractivity contribution in [2.24, 2.45) is 29.6 Å². The molecule has 2 fully saturated rings. The number of aliphatic hydroxyl groups excluding tert-OH is 2. The molecule has 0 radical (unpaired) electrons. The first-order chi connectivity index (χ1) is 13.4. The maximum absolute atomic E-state index is 11.1. The van der Waals surface area contributed by atoms with Gasteiger partial charge in [0.05, 0.1) is 19.3 Å². The van der Waals surface area contributed by atoms with Crippen LogP contribution in [0, 0.1) is 29.6 Å². The number of ether oxygens (including phenoxy) is 2. The minimum atomic E-state index is -0.415. The Hall–Kier alpha value is -0.910. The van der Waals surface area contributed by atoms with Gasteiger partial charge in [0.1, 0.15) is 6.61 Å². The quantitative estimate of drug-likeness (QED) is 0.298. The topological polar surface area (TPSA) is 76.0 Å². The molecule has 2 rings (SSSR count). The lowest BCUT2D eigenvalue weighted by Crippen LogP contribution is -2.19. The Morgan fingerprint density at radius 1 is 1.32 bits per heavy atom. The van der Waals surface area contributed by atoms with Gasteiger partial charge in [-0.15, -0.1) is 0 Å². The molecule has 7 atom stereocenters. The molecule has 5 nitrogen and oxygen atoms in total. The summed E-state index contributed by atoms with van der Waals surface area (Å²) in [6.45, 7) is 5.00. The fourth-order valence-corrected chi connectivity index (χ4v) is 5.16. The first-order valence-electron chi connectivity index (χ1n) is 11.1. The molecular weight excluding hydrogens is 358 g/mol. The predicted molar refractivity (Wildman–Crippen MR) is 110 cm³/mol. The zero-order valence-corrected chi connectivity index (χ0v) is 17.9. The van der Waals surface area contributed by atoms with Crippen molar-refractivity contribution in [1.29, 1.82) is 0 Å². The molecule has 0 aromatic carbocycles. The maximum Gasteiger partial charge on any atom is 0.331 e. The zero-order chi connectivity index (χ0) is 20.5. The SMILES string of the molecule is CCCC[C@H](C)C[14C@H](O)/C=C/[C@@H]1[C@H]2C[C@H](CCOCC(=O)OC)C[C@H]2C[C@H]1O. The molecule has 5 heteroatoms. The van der Waals surface area contributed by atoms with E-state index in [1.807, 2.05) is 6.08 Å². The number of hydrogen-bond donors (Lipinski definition) is 2. The van der Waals surface area contributed by atoms with Crippen LogP contribution in [0.1, 0.15) is 65.2 Å². The number of rotatable bonds is 12. The van der Waals surface area contributed by atoms with Crippen LogP contribution in [0.15, 0.2) is 12.2 Å². The fraction of sp³-hybridized carbons (Fsp3) is 0.870. The van der Waals surface area contributed by atoms with Gasteiger partial charge in [-0.2, -0.15) is 0 Å². The third-order valence-corrected chi connectivity index (χ3v) is 6.70. The van der Waals surface area contributed by atoms with Crippen molar-refractivity contribution >= 4 is 5.97 Å². The fourth-order valence-electron chi connectivity index (χ4n) is 5.16. The van der Waals surface area contributed by atoms with Gasteiger partial charge >= 0.3 is 5.97 Å². The van der Waals surface area contributed by atoms with E-state index in [9.17, 15) is 15.0 Å². The molecule has 0 bridgehead atoms. The van der Waals surface area contributed by atoms with Gasteiger partial charge in [0.25, 0.3) is 0 Å². The number of carbonyl (C=O) groups is 1. The Kier molecular flexibility index (Phi) is 9.96. The van der Waals surface area contributed by atoms with E-state index in [2.05, 4.69) is 24.7 Å². The molecule has 2 aliphatic rings. The number of carbonyl (C=O) groups excluding carboxylic acids is 1. The van der Waals surface area contributed by atoms with Gasteiger partial charge in [0.15, 0.2) is 0 Å². The molecule has 0 aliphatic heterocycles. The predicted octanol–water partition coefficient (Wildman–Crippen LogP) is 3.72. The molecule has 2 saturated carbocycles. The Balaban J connectivity index is 1.75. The van der Waals surface area contributed by atoms with Gasteiger partial charge < -0.3 is 19.7 Å². The molecule has 0 aromatic heterocycles. The summed E-state index contributed by atoms with van der Waals surface area (Å²) >= 11 is 0. The van der Waals surface area contributed by atoms with E-state index in [0.29, 0.717) is 30.3 Å². The van der Waals surface area contributed by atoms with Crippen molar-refractivity contribution in [2.45, 2.75) is 77.4 Å². The van der Waals surface area contributed by atoms with Gasteiger partial charge in [0.2, 0.25) is 0 Å². The lowest BCUT2D eigenvalue weighted by atomic mass is 9.90. The molecule has 0 saturated heterocycles. The first-order valence-corrected chi connectivity index (χ1v) is 11.1. The number of fused-ring (bicyclic) bond motifs is 1. The van der Waals surface area contributed by atoms with E-state index < -0.39 is 6.10 Å². The summed E-state index contributed by atoms with van der Waals surface area (Å²) in [6, 6.07) is 0. The second kappa shape index (κ2) is 11.9. The number of esters is 1. The third-order valence-electron chi connectivity index (χ3n) is 6.70. The molecule has 0 unspecified atom stereocenters. The number of methoxy groups -OCH3 is 1. The summed E-state index contributed by atoms with van der Waals surface area (Å²) in [5, 5.41) is 20.8. The van der Waals surface area contributed by atoms with Crippen LogP contribution in [0.5, 0.6) is 0 Å². The minimum Gasteiger partial charge on any atom is -0.467 e. The second-order valence-corrected chi connectivity index (χ2v) is 8.99. The summed E-state index contributed by atoms with van der Waals surface area (Å²) in [5.41, 5.74) is 0. The van der Waals surface area contributed by atoms with Crippen molar-refractivity contribution in [3.63, 3.8) is 0 Å². The normalized spacial score (nSPS) is 31.8. The molecule has 0 aromatic rings. The van der Waals surface area contributed by atoms with E-state index in [1.165, 1.54) is 20.0 Å². The smallest absolute Gasteiger partial charge is 0.331 e. The highest BCUT2D eigenvalue weighted by molar-refractivity contribution is 5.70. The molecule has 0 heterocycles. The first kappa shape index (κ1) is 23.4. The van der Waals surface area contributed by atoms with Crippen LogP contribution in [-0.4, -0.2) is 48.7 Å². The van der Waals surface area contributed by atoms with Gasteiger partial charge in [-0.3, -0.25) is 0 Å². The summed E-state index contributed by atoms with van der Waals surface area (Å²) in [4.78, 5) is 11.1. The standard InChI is InChI=1S/C23H40O5/c1-4-5-6-16(2)11-19(24)7-8-20-21-13-17(12-18(21)14-22(20)25)9-10-28-15-23(26)27-3/h7-8,16-22,24-25H,4-6,9-15H2,1-3H3/b8-7+/t16-,17+,18-,19+,20+,21-,22+/m0/s1/i19+2. The molecule has 0 spiro atoms. The molecule has 0 amide bonds. The van der Waals surface area contributed by atoms with Crippen LogP contribution in [0.25, 0.3) is 0 Å². The van der Waals surface area contributed by atoms with Crippen molar-refractivity contribution in [3.05, 3.63) is 12.2 Å². The van der Waals surface area contributed by atoms with E-state index in [1.54, 1.807) is 0 Å². The van der Waals surface area contributed by atoms with Gasteiger partial charge in [0, 0.05) is 12.5 Å². The van der Waals surface area contributed by atoms with E-state index in [-0.39, 0.29) is 24.6 Å². The summed E-state index contributed by atoms with van der Waals surface area (Å²) in [6.07, 6.45) is 11.7. The van der Waals surface area contributed by atoms with E-state index >= 15 is 0 Å². The minimum absolute atomic E-state index is 0.0225. The second-order valence-electron chi connectivity index (χ2n) is 8.99. The monoisotopic (exact) mass is 398 g/mol. The Morgan fingerprint density at radius 2 is 2.11 bits per heavy atom. The largest absolute Gasteiger partial charge is 0.467 e. The van der Waals surface area contributed by atoms with Crippen molar-refractivity contribution in [2.75, 3.05) is 20.3 Å². The van der Waals surface area contributed by atoms with Crippen LogP contribution in [0.2, 0.25) is 0 Å². The summed E-state index contributed by atoms with van der Waals surface area (Å²) in [5.74, 6) is 2.01. The average molecular weight is 399 g/mol. The lowest BCUT2D eigenvalue weighted by Gasteiger charge is -2.20. The molecule has 28 heavy (non-hydrogen) atoms. The Bertz CT molecular complexity index is 491. The highest BCUT2D eigenvalue weighted by Gasteiger charge is 2.46. The van der Waals surface area contributed by atoms with E-state index in [0.717, 1.165) is 38.5 Å². The summed E-state index contributed by atoms with van der Waals surface area (Å²) < 4.78 is 9.97. The van der Waals surface area contributed by atoms with Gasteiger partial charge in [-0.05, 0) is 55.8 Å². The summed E-state index contributed by atoms with van der Waals surface area (Å²) in [7, 11) is 1.37. The van der Waals surface area contributed by atoms with Gasteiger partial charge in [-0.25, -0.2) is 4.79 Å². The number of aliphatic hydroxyl groups is 2. The Morgan fingerprint density at radius 3 is 2.82 bits per heavy atom. The van der Waals surface area contributed by atoms with Crippen LogP contribution < -0.4 is 0 Å². The number of unbranched alkanes of at least 4 members (excludes halogenated alkanes) is 1. The van der Waals surface area contributed by atoms with Gasteiger partial charge in [-0.1, -0.05) is 45.3 Å². The maximum atomic E-state index is 11.1. The average Bonchev–Trinajstić information content (AvgIpc) is 3.18. The van der Waals surface area contributed by atoms with Crippen molar-refractivity contribution in [1.82, 2.24) is 0 Å². The number of hydrogen-bond acceptors (Lipinski definition) is 5. The lowest BCUT2D eigenvalue weighted by molar-refractivity contribution is -0.146. The Labute approximate surface area is 170 Å². The van der Waals surface area contributed by atoms with Crippen LogP contribution in [0.3, 0.4) is 0 Å². The molecule has 2 aliphatic carbocycles. The zero-order valence-electron chi connectivity index (χ0n) is 17.9. The molecule has 2 N–H and O–H groups in total. The van der Waals surface area contributed by atoms with Crippen LogP contribution >= 0.6 is 0 Å². The highest BCUT2D eigenvalue weighted by atomic mass is 16.6. The van der Waals surface area contributed by atoms with Crippen molar-refractivity contribution in [3.8, 4) is 0 Å². The third kappa shape index (κ3) is 7.16. The van der Waals surface area contributed by atoms with E-state index in [4.69, 9.17) is 4.74 Å².